The summed E-state index contributed by atoms with van der Waals surface area (Å²) in [5, 5.41) is 15.1. The van der Waals surface area contributed by atoms with Crippen molar-refractivity contribution in [2.45, 2.75) is 31.4 Å². The second-order valence-corrected chi connectivity index (χ2v) is 8.30. The van der Waals surface area contributed by atoms with Crippen molar-refractivity contribution in [1.29, 1.82) is 0 Å². The van der Waals surface area contributed by atoms with Crippen LogP contribution in [-0.2, 0) is 13.0 Å². The predicted molar refractivity (Wildman–Crippen MR) is 102 cm³/mol. The third-order valence-corrected chi connectivity index (χ3v) is 6.21. The molecule has 0 atom stereocenters. The number of aliphatic hydroxyl groups is 1. The number of nitrogens with zero attached hydrogens (tertiary/aromatic N) is 2. The van der Waals surface area contributed by atoms with Crippen LogP contribution >= 0.6 is 11.3 Å². The van der Waals surface area contributed by atoms with Crippen molar-refractivity contribution in [3.8, 4) is 0 Å². The fourth-order valence-corrected chi connectivity index (χ4v) is 4.38. The number of carbonyl (C=O) groups is 1. The second kappa shape index (κ2) is 5.82. The van der Waals surface area contributed by atoms with E-state index >= 15 is 0 Å². The lowest BCUT2D eigenvalue weighted by molar-refractivity contribution is 0.0731. The van der Waals surface area contributed by atoms with Gasteiger partial charge in [0.2, 0.25) is 0 Å². The van der Waals surface area contributed by atoms with Crippen LogP contribution in [0.2, 0.25) is 0 Å². The van der Waals surface area contributed by atoms with E-state index < -0.39 is 5.60 Å². The standard InChI is InChI=1S/C19H20N4O2S/c24-17(15-9-12-3-1-2-4-13(12)21-15)23-8-5-14-16(10-23)26-18(22-14)20-11-19(25)6-7-19/h1-4,9,21,25H,5-8,10-11H2,(H,20,22). The van der Waals surface area contributed by atoms with Gasteiger partial charge < -0.3 is 20.3 Å². The highest BCUT2D eigenvalue weighted by atomic mass is 32.1. The van der Waals surface area contributed by atoms with E-state index in [0.29, 0.717) is 25.3 Å². The quantitative estimate of drug-likeness (QED) is 0.661. The summed E-state index contributed by atoms with van der Waals surface area (Å²) in [6.45, 7) is 1.82. The van der Waals surface area contributed by atoms with Crippen molar-refractivity contribution in [3.05, 3.63) is 46.6 Å². The number of fused-ring (bicyclic) bond motifs is 2. The number of anilines is 1. The third kappa shape index (κ3) is 2.87. The van der Waals surface area contributed by atoms with Crippen LogP contribution < -0.4 is 5.32 Å². The number of nitrogens with one attached hydrogen (secondary N) is 2. The maximum atomic E-state index is 12.9. The molecule has 3 aromatic rings. The van der Waals surface area contributed by atoms with Crippen molar-refractivity contribution >= 4 is 33.3 Å². The van der Waals surface area contributed by atoms with E-state index in [2.05, 4.69) is 15.3 Å². The van der Waals surface area contributed by atoms with Gasteiger partial charge in [0.1, 0.15) is 5.69 Å². The molecule has 1 saturated carbocycles. The summed E-state index contributed by atoms with van der Waals surface area (Å²) in [4.78, 5) is 23.7. The number of para-hydroxylation sites is 1. The molecule has 1 amide bonds. The molecule has 3 heterocycles. The molecule has 1 aliphatic heterocycles. The van der Waals surface area contributed by atoms with Crippen molar-refractivity contribution < 1.29 is 9.90 Å². The van der Waals surface area contributed by atoms with E-state index in [9.17, 15) is 9.90 Å². The zero-order valence-electron chi connectivity index (χ0n) is 14.3. The van der Waals surface area contributed by atoms with Gasteiger partial charge in [-0.15, -0.1) is 0 Å². The van der Waals surface area contributed by atoms with E-state index in [1.165, 1.54) is 0 Å². The van der Waals surface area contributed by atoms with Crippen LogP contribution in [0.3, 0.4) is 0 Å². The van der Waals surface area contributed by atoms with E-state index in [1.807, 2.05) is 35.2 Å². The Morgan fingerprint density at radius 3 is 3.04 bits per heavy atom. The van der Waals surface area contributed by atoms with Crippen molar-refractivity contribution in [3.63, 3.8) is 0 Å². The first-order valence-corrected chi connectivity index (χ1v) is 9.73. The Morgan fingerprint density at radius 2 is 2.23 bits per heavy atom. The van der Waals surface area contributed by atoms with Gasteiger partial charge in [0.25, 0.3) is 5.91 Å². The van der Waals surface area contributed by atoms with Crippen molar-refractivity contribution in [1.82, 2.24) is 14.9 Å². The molecule has 2 aliphatic rings. The van der Waals surface area contributed by atoms with E-state index in [0.717, 1.165) is 45.9 Å². The summed E-state index contributed by atoms with van der Waals surface area (Å²) in [7, 11) is 0. The van der Waals surface area contributed by atoms with Gasteiger partial charge in [0, 0.05) is 35.3 Å². The number of aromatic nitrogens is 2. The van der Waals surface area contributed by atoms with Gasteiger partial charge in [-0.3, -0.25) is 4.79 Å². The van der Waals surface area contributed by atoms with Gasteiger partial charge >= 0.3 is 0 Å². The lowest BCUT2D eigenvalue weighted by Crippen LogP contribution is -2.35. The molecular formula is C19H20N4O2S. The van der Waals surface area contributed by atoms with Crippen LogP contribution in [0.4, 0.5) is 5.13 Å². The molecule has 0 bridgehead atoms. The van der Waals surface area contributed by atoms with E-state index in [-0.39, 0.29) is 5.91 Å². The summed E-state index contributed by atoms with van der Waals surface area (Å²) in [5.74, 6) is 0.0297. The fourth-order valence-electron chi connectivity index (χ4n) is 3.36. The van der Waals surface area contributed by atoms with Crippen LogP contribution in [0.25, 0.3) is 10.9 Å². The summed E-state index contributed by atoms with van der Waals surface area (Å²) < 4.78 is 0. The maximum Gasteiger partial charge on any atom is 0.270 e. The highest BCUT2D eigenvalue weighted by molar-refractivity contribution is 7.15. The van der Waals surface area contributed by atoms with Crippen LogP contribution in [0.15, 0.2) is 30.3 Å². The molecule has 2 aromatic heterocycles. The number of hydrogen-bond donors (Lipinski definition) is 3. The van der Waals surface area contributed by atoms with Gasteiger partial charge in [0.15, 0.2) is 5.13 Å². The van der Waals surface area contributed by atoms with Gasteiger partial charge in [-0.1, -0.05) is 29.5 Å². The Labute approximate surface area is 154 Å². The molecule has 1 aliphatic carbocycles. The molecule has 0 unspecified atom stereocenters. The average Bonchev–Trinajstić information content (AvgIpc) is 3.09. The van der Waals surface area contributed by atoms with Gasteiger partial charge in [0.05, 0.1) is 17.8 Å². The molecule has 6 nitrogen and oxygen atoms in total. The monoisotopic (exact) mass is 368 g/mol. The highest BCUT2D eigenvalue weighted by Crippen LogP contribution is 2.36. The molecular weight excluding hydrogens is 348 g/mol. The van der Waals surface area contributed by atoms with Crippen molar-refractivity contribution in [2.24, 2.45) is 0 Å². The molecule has 1 aromatic carbocycles. The summed E-state index contributed by atoms with van der Waals surface area (Å²) >= 11 is 1.59. The molecule has 0 radical (unpaired) electrons. The molecule has 1 fully saturated rings. The average molecular weight is 368 g/mol. The Kier molecular flexibility index (Phi) is 3.55. The fraction of sp³-hybridized carbons (Fsp3) is 0.368. The third-order valence-electron chi connectivity index (χ3n) is 5.17. The van der Waals surface area contributed by atoms with Gasteiger partial charge in [-0.2, -0.15) is 0 Å². The van der Waals surface area contributed by atoms with Crippen LogP contribution in [0, 0.1) is 0 Å². The number of aromatic amines is 1. The molecule has 7 heteroatoms. The minimum Gasteiger partial charge on any atom is -0.388 e. The van der Waals surface area contributed by atoms with E-state index in [1.54, 1.807) is 11.3 Å². The largest absolute Gasteiger partial charge is 0.388 e. The SMILES string of the molecule is O=C(c1cc2ccccc2[nH]1)N1CCc2nc(NCC3(O)CC3)sc2C1. The molecule has 0 saturated heterocycles. The summed E-state index contributed by atoms with van der Waals surface area (Å²) in [5.41, 5.74) is 2.15. The molecule has 3 N–H and O–H groups in total. The van der Waals surface area contributed by atoms with Gasteiger partial charge in [-0.05, 0) is 25.0 Å². The highest BCUT2D eigenvalue weighted by Gasteiger charge is 2.40. The predicted octanol–water partition coefficient (Wildman–Crippen LogP) is 2.76. The smallest absolute Gasteiger partial charge is 0.270 e. The second-order valence-electron chi connectivity index (χ2n) is 7.21. The van der Waals surface area contributed by atoms with Crippen LogP contribution in [-0.4, -0.2) is 44.6 Å². The zero-order chi connectivity index (χ0) is 17.7. The maximum absolute atomic E-state index is 12.9. The number of amides is 1. The Balaban J connectivity index is 1.31. The lowest BCUT2D eigenvalue weighted by atomic mass is 10.1. The minimum absolute atomic E-state index is 0.0297. The van der Waals surface area contributed by atoms with Gasteiger partial charge in [-0.25, -0.2) is 4.98 Å². The number of H-pyrrole nitrogens is 1. The number of carbonyl (C=O) groups excluding carboxylic acids is 1. The first-order valence-electron chi connectivity index (χ1n) is 8.92. The minimum atomic E-state index is -0.538. The molecule has 5 rings (SSSR count). The Morgan fingerprint density at radius 1 is 1.38 bits per heavy atom. The molecule has 134 valence electrons. The van der Waals surface area contributed by atoms with E-state index in [4.69, 9.17) is 0 Å². The number of thiazole rings is 1. The number of rotatable bonds is 4. The zero-order valence-corrected chi connectivity index (χ0v) is 15.1. The first kappa shape index (κ1) is 15.8. The summed E-state index contributed by atoms with van der Waals surface area (Å²) in [6, 6.07) is 9.84. The Hall–Kier alpha value is -2.38. The van der Waals surface area contributed by atoms with Crippen molar-refractivity contribution in [2.75, 3.05) is 18.4 Å². The Bertz CT molecular complexity index is 956. The van der Waals surface area contributed by atoms with Crippen LogP contribution in [0.5, 0.6) is 0 Å². The number of benzene rings is 1. The summed E-state index contributed by atoms with van der Waals surface area (Å²) in [6.07, 6.45) is 2.49. The lowest BCUT2D eigenvalue weighted by Gasteiger charge is -2.25. The number of hydrogen-bond acceptors (Lipinski definition) is 5. The topological polar surface area (TPSA) is 81.2 Å². The normalized spacial score (nSPS) is 18.0. The molecule has 0 spiro atoms. The molecule has 26 heavy (non-hydrogen) atoms. The van der Waals surface area contributed by atoms with Crippen LogP contribution in [0.1, 0.15) is 33.9 Å². The first-order chi connectivity index (χ1) is 12.6.